The third-order valence-corrected chi connectivity index (χ3v) is 4.67. The molecule has 0 aliphatic heterocycles. The highest BCUT2D eigenvalue weighted by Crippen LogP contribution is 2.37. The predicted molar refractivity (Wildman–Crippen MR) is 82.2 cm³/mol. The molecular weight excluding hydrogens is 250 g/mol. The monoisotopic (exact) mass is 277 g/mol. The topological polar surface area (TPSA) is 41.5 Å². The molecule has 2 N–H and O–H groups in total. The number of rotatable bonds is 6. The Morgan fingerprint density at radius 1 is 1.30 bits per heavy atom. The van der Waals surface area contributed by atoms with Crippen molar-refractivity contribution in [1.29, 1.82) is 0 Å². The normalized spacial score (nSPS) is 25.9. The third kappa shape index (κ3) is 3.33. The van der Waals surface area contributed by atoms with Crippen molar-refractivity contribution in [2.45, 2.75) is 45.1 Å². The molecule has 1 fully saturated rings. The van der Waals surface area contributed by atoms with Gasteiger partial charge in [-0.3, -0.25) is 0 Å². The highest BCUT2D eigenvalue weighted by atomic mass is 16.5. The Hall–Kier alpha value is -1.06. The molecule has 0 bridgehead atoms. The van der Waals surface area contributed by atoms with Crippen molar-refractivity contribution in [3.8, 4) is 5.75 Å². The van der Waals surface area contributed by atoms with Gasteiger partial charge in [-0.25, -0.2) is 0 Å². The minimum Gasteiger partial charge on any atom is -0.494 e. The van der Waals surface area contributed by atoms with Gasteiger partial charge in [0, 0.05) is 5.54 Å². The summed E-state index contributed by atoms with van der Waals surface area (Å²) < 4.78 is 5.90. The van der Waals surface area contributed by atoms with E-state index in [9.17, 15) is 5.11 Å². The van der Waals surface area contributed by atoms with Gasteiger partial charge in [0.25, 0.3) is 0 Å². The summed E-state index contributed by atoms with van der Waals surface area (Å²) in [6.07, 6.45) is 4.43. The first-order valence-corrected chi connectivity index (χ1v) is 7.60. The first-order chi connectivity index (χ1) is 9.59. The second-order valence-corrected chi connectivity index (χ2v) is 6.11. The average molecular weight is 277 g/mol. The quantitative estimate of drug-likeness (QED) is 0.840. The van der Waals surface area contributed by atoms with Gasteiger partial charge >= 0.3 is 0 Å². The standard InChI is InChI=1S/C17H27NO2/c1-13-9-14(2)11-16(10-13)20-8-6-15-5-4-7-17(15,12-19)18-3/h9-11,15,18-19H,4-8,12H2,1-3H3. The Kier molecular flexibility index (Phi) is 5.06. The number of hydrogen-bond acceptors (Lipinski definition) is 3. The van der Waals surface area contributed by atoms with Gasteiger partial charge in [0.2, 0.25) is 0 Å². The molecule has 112 valence electrons. The first-order valence-electron chi connectivity index (χ1n) is 7.60. The lowest BCUT2D eigenvalue weighted by molar-refractivity contribution is 0.117. The smallest absolute Gasteiger partial charge is 0.119 e. The van der Waals surface area contributed by atoms with Gasteiger partial charge < -0.3 is 15.2 Å². The number of benzene rings is 1. The summed E-state index contributed by atoms with van der Waals surface area (Å²) in [4.78, 5) is 0. The third-order valence-electron chi connectivity index (χ3n) is 4.67. The fraction of sp³-hybridized carbons (Fsp3) is 0.647. The van der Waals surface area contributed by atoms with E-state index in [1.165, 1.54) is 24.0 Å². The summed E-state index contributed by atoms with van der Waals surface area (Å²) in [5, 5.41) is 13.0. The summed E-state index contributed by atoms with van der Waals surface area (Å²) in [6.45, 7) is 5.12. The molecule has 0 amide bonds. The molecular formula is C17H27NO2. The van der Waals surface area contributed by atoms with Gasteiger partial charge in [-0.2, -0.15) is 0 Å². The number of aryl methyl sites for hydroxylation is 2. The second-order valence-electron chi connectivity index (χ2n) is 6.11. The predicted octanol–water partition coefficient (Wildman–Crippen LogP) is 2.82. The summed E-state index contributed by atoms with van der Waals surface area (Å²) in [5.74, 6) is 1.46. The van der Waals surface area contributed by atoms with Gasteiger partial charge in [0.1, 0.15) is 5.75 Å². The number of hydrogen-bond donors (Lipinski definition) is 2. The Morgan fingerprint density at radius 3 is 2.60 bits per heavy atom. The van der Waals surface area contributed by atoms with Gasteiger partial charge in [0.15, 0.2) is 0 Å². The lowest BCUT2D eigenvalue weighted by Gasteiger charge is -2.33. The van der Waals surface area contributed by atoms with Crippen LogP contribution < -0.4 is 10.1 Å². The highest BCUT2D eigenvalue weighted by Gasteiger charge is 2.40. The Balaban J connectivity index is 1.89. The maximum Gasteiger partial charge on any atom is 0.119 e. The molecule has 3 heteroatoms. The zero-order chi connectivity index (χ0) is 14.6. The number of nitrogens with one attached hydrogen (secondary N) is 1. The van der Waals surface area contributed by atoms with Crippen LogP contribution in [0, 0.1) is 19.8 Å². The van der Waals surface area contributed by atoms with Gasteiger partial charge in [0.05, 0.1) is 13.2 Å². The fourth-order valence-electron chi connectivity index (χ4n) is 3.52. The molecule has 2 rings (SSSR count). The molecule has 0 heterocycles. The number of likely N-dealkylation sites (N-methyl/N-ethyl adjacent to an activating group) is 1. The van der Waals surface area contributed by atoms with Crippen molar-refractivity contribution < 1.29 is 9.84 Å². The Bertz CT molecular complexity index is 420. The number of aliphatic hydroxyl groups excluding tert-OH is 1. The van der Waals surface area contributed by atoms with E-state index in [2.05, 4.69) is 37.4 Å². The van der Waals surface area contributed by atoms with Gasteiger partial charge in [-0.1, -0.05) is 12.5 Å². The van der Waals surface area contributed by atoms with E-state index in [4.69, 9.17) is 4.74 Å². The number of ether oxygens (including phenoxy) is 1. The minimum absolute atomic E-state index is 0.0914. The van der Waals surface area contributed by atoms with Crippen LogP contribution in [-0.4, -0.2) is 30.9 Å². The van der Waals surface area contributed by atoms with Crippen molar-refractivity contribution in [1.82, 2.24) is 5.32 Å². The van der Waals surface area contributed by atoms with Crippen LogP contribution in [0.2, 0.25) is 0 Å². The van der Waals surface area contributed by atoms with E-state index in [0.29, 0.717) is 5.92 Å². The Labute approximate surface area is 122 Å². The zero-order valence-corrected chi connectivity index (χ0v) is 12.9. The molecule has 1 aliphatic rings. The molecule has 0 spiro atoms. The van der Waals surface area contributed by atoms with E-state index < -0.39 is 0 Å². The van der Waals surface area contributed by atoms with Crippen LogP contribution in [0.3, 0.4) is 0 Å². The minimum atomic E-state index is -0.0914. The first kappa shape index (κ1) is 15.3. The van der Waals surface area contributed by atoms with Crippen LogP contribution in [0.15, 0.2) is 18.2 Å². The van der Waals surface area contributed by atoms with Crippen LogP contribution in [0.1, 0.15) is 36.8 Å². The molecule has 2 unspecified atom stereocenters. The molecule has 1 aromatic rings. The van der Waals surface area contributed by atoms with Crippen molar-refractivity contribution in [3.63, 3.8) is 0 Å². The highest BCUT2D eigenvalue weighted by molar-refractivity contribution is 5.32. The Morgan fingerprint density at radius 2 is 2.00 bits per heavy atom. The summed E-state index contributed by atoms with van der Waals surface area (Å²) in [5.41, 5.74) is 2.38. The lowest BCUT2D eigenvalue weighted by Crippen LogP contribution is -2.49. The molecule has 2 atom stereocenters. The van der Waals surface area contributed by atoms with E-state index in [1.54, 1.807) is 0 Å². The van der Waals surface area contributed by atoms with Crippen LogP contribution in [0.4, 0.5) is 0 Å². The molecule has 20 heavy (non-hydrogen) atoms. The lowest BCUT2D eigenvalue weighted by atomic mass is 9.86. The second kappa shape index (κ2) is 6.59. The number of aliphatic hydroxyl groups is 1. The molecule has 1 saturated carbocycles. The summed E-state index contributed by atoms with van der Waals surface area (Å²) in [6, 6.07) is 6.32. The fourth-order valence-corrected chi connectivity index (χ4v) is 3.52. The van der Waals surface area contributed by atoms with Crippen LogP contribution in [-0.2, 0) is 0 Å². The van der Waals surface area contributed by atoms with Gasteiger partial charge in [-0.05, 0) is 69.3 Å². The summed E-state index contributed by atoms with van der Waals surface area (Å²) in [7, 11) is 1.96. The maximum atomic E-state index is 9.67. The molecule has 0 radical (unpaired) electrons. The van der Waals surface area contributed by atoms with E-state index >= 15 is 0 Å². The van der Waals surface area contributed by atoms with Crippen molar-refractivity contribution in [3.05, 3.63) is 29.3 Å². The molecule has 0 saturated heterocycles. The van der Waals surface area contributed by atoms with Crippen LogP contribution in [0.5, 0.6) is 5.75 Å². The van der Waals surface area contributed by atoms with Gasteiger partial charge in [-0.15, -0.1) is 0 Å². The van der Waals surface area contributed by atoms with Crippen LogP contribution >= 0.6 is 0 Å². The van der Waals surface area contributed by atoms with Crippen molar-refractivity contribution in [2.24, 2.45) is 5.92 Å². The van der Waals surface area contributed by atoms with Crippen molar-refractivity contribution in [2.75, 3.05) is 20.3 Å². The average Bonchev–Trinajstić information content (AvgIpc) is 2.81. The van der Waals surface area contributed by atoms with E-state index in [1.807, 2.05) is 7.05 Å². The largest absolute Gasteiger partial charge is 0.494 e. The molecule has 0 aromatic heterocycles. The van der Waals surface area contributed by atoms with Crippen molar-refractivity contribution >= 4 is 0 Å². The molecule has 1 aliphatic carbocycles. The van der Waals surface area contributed by atoms with E-state index in [0.717, 1.165) is 25.2 Å². The maximum absolute atomic E-state index is 9.67. The van der Waals surface area contributed by atoms with E-state index in [-0.39, 0.29) is 12.1 Å². The molecule has 3 nitrogen and oxygen atoms in total. The zero-order valence-electron chi connectivity index (χ0n) is 12.9. The molecule has 1 aromatic carbocycles. The summed E-state index contributed by atoms with van der Waals surface area (Å²) >= 11 is 0. The SMILES string of the molecule is CNC1(CO)CCCC1CCOc1cc(C)cc(C)c1. The van der Waals surface area contributed by atoms with Crippen LogP contribution in [0.25, 0.3) is 0 Å².